The van der Waals surface area contributed by atoms with Crippen LogP contribution < -0.4 is 5.32 Å². The molecule has 0 atom stereocenters. The molecule has 1 amide bonds. The van der Waals surface area contributed by atoms with Crippen LogP contribution in [0.15, 0.2) is 41.8 Å². The van der Waals surface area contributed by atoms with E-state index in [2.05, 4.69) is 21.8 Å². The molecule has 0 saturated carbocycles. The number of carbonyl (C=O) groups excluding carboxylic acids is 1. The molecule has 1 heterocycles. The third-order valence-electron chi connectivity index (χ3n) is 2.58. The van der Waals surface area contributed by atoms with Crippen LogP contribution in [0.4, 0.5) is 5.69 Å². The topological polar surface area (TPSA) is 46.9 Å². The molecule has 2 rings (SSSR count). The first kappa shape index (κ1) is 14.9. The van der Waals surface area contributed by atoms with E-state index in [1.807, 2.05) is 12.3 Å². The number of hydrogen-bond donors (Lipinski definition) is 1. The maximum atomic E-state index is 11.9. The predicted octanol–water partition coefficient (Wildman–Crippen LogP) is 3.68. The van der Waals surface area contributed by atoms with Gasteiger partial charge in [0, 0.05) is 29.6 Å². The Morgan fingerprint density at radius 2 is 2.35 bits per heavy atom. The Bertz CT molecular complexity index is 585. The zero-order valence-corrected chi connectivity index (χ0v) is 12.7. The molecule has 0 fully saturated rings. The molecule has 0 saturated heterocycles. The first-order valence-corrected chi connectivity index (χ1v) is 7.74. The number of anilines is 1. The SMILES string of the molecule is CCCn1ccnc1SCC(=O)Nc1cccc(Cl)c1. The van der Waals surface area contributed by atoms with E-state index in [1.54, 1.807) is 24.4 Å². The molecule has 0 unspecified atom stereocenters. The molecule has 1 aromatic heterocycles. The largest absolute Gasteiger partial charge is 0.326 e. The molecule has 0 spiro atoms. The fraction of sp³-hybridized carbons (Fsp3) is 0.286. The summed E-state index contributed by atoms with van der Waals surface area (Å²) in [6, 6.07) is 7.11. The van der Waals surface area contributed by atoms with Gasteiger partial charge in [-0.15, -0.1) is 0 Å². The van der Waals surface area contributed by atoms with Crippen molar-refractivity contribution in [2.75, 3.05) is 11.1 Å². The molecular formula is C14H16ClN3OS. The zero-order valence-electron chi connectivity index (χ0n) is 11.2. The Balaban J connectivity index is 1.87. The Kier molecular flexibility index (Phi) is 5.49. The summed E-state index contributed by atoms with van der Waals surface area (Å²) in [7, 11) is 0. The molecule has 0 bridgehead atoms. The van der Waals surface area contributed by atoms with Crippen LogP contribution in [-0.2, 0) is 11.3 Å². The molecule has 1 aromatic carbocycles. The Labute approximate surface area is 127 Å². The van der Waals surface area contributed by atoms with Crippen molar-refractivity contribution >= 4 is 35.0 Å². The van der Waals surface area contributed by atoms with E-state index in [0.29, 0.717) is 16.5 Å². The standard InChI is InChI=1S/C14H16ClN3OS/c1-2-7-18-8-6-16-14(18)20-10-13(19)17-12-5-3-4-11(15)9-12/h3-6,8-9H,2,7,10H2,1H3,(H,17,19). The smallest absolute Gasteiger partial charge is 0.234 e. The van der Waals surface area contributed by atoms with E-state index in [-0.39, 0.29) is 5.91 Å². The fourth-order valence-corrected chi connectivity index (χ4v) is 2.72. The van der Waals surface area contributed by atoms with Crippen molar-refractivity contribution in [2.24, 2.45) is 0 Å². The lowest BCUT2D eigenvalue weighted by Crippen LogP contribution is -2.14. The highest BCUT2D eigenvalue weighted by molar-refractivity contribution is 7.99. The maximum Gasteiger partial charge on any atom is 0.234 e. The van der Waals surface area contributed by atoms with Gasteiger partial charge in [-0.2, -0.15) is 0 Å². The van der Waals surface area contributed by atoms with Crippen LogP contribution in [0.5, 0.6) is 0 Å². The summed E-state index contributed by atoms with van der Waals surface area (Å²) in [5.74, 6) is 0.260. The van der Waals surface area contributed by atoms with Crippen LogP contribution in [0.25, 0.3) is 0 Å². The number of hydrogen-bond acceptors (Lipinski definition) is 3. The van der Waals surface area contributed by atoms with Crippen LogP contribution in [0, 0.1) is 0 Å². The zero-order chi connectivity index (χ0) is 14.4. The number of rotatable bonds is 6. The lowest BCUT2D eigenvalue weighted by Gasteiger charge is -2.07. The maximum absolute atomic E-state index is 11.9. The average molecular weight is 310 g/mol. The fourth-order valence-electron chi connectivity index (χ4n) is 1.74. The molecule has 0 aliphatic heterocycles. The quantitative estimate of drug-likeness (QED) is 0.828. The highest BCUT2D eigenvalue weighted by atomic mass is 35.5. The molecule has 0 aliphatic carbocycles. The van der Waals surface area contributed by atoms with E-state index in [1.165, 1.54) is 11.8 Å². The number of aryl methyl sites for hydroxylation is 1. The number of imidazole rings is 1. The number of halogens is 1. The summed E-state index contributed by atoms with van der Waals surface area (Å²) in [4.78, 5) is 16.1. The number of nitrogens with zero attached hydrogens (tertiary/aromatic N) is 2. The van der Waals surface area contributed by atoms with E-state index in [9.17, 15) is 4.79 Å². The van der Waals surface area contributed by atoms with Gasteiger partial charge >= 0.3 is 0 Å². The van der Waals surface area contributed by atoms with Crippen molar-refractivity contribution in [2.45, 2.75) is 25.0 Å². The minimum atomic E-state index is -0.0664. The number of carbonyl (C=O) groups is 1. The Morgan fingerprint density at radius 1 is 1.50 bits per heavy atom. The van der Waals surface area contributed by atoms with Gasteiger partial charge in [0.05, 0.1) is 5.75 Å². The number of amides is 1. The van der Waals surface area contributed by atoms with Gasteiger partial charge < -0.3 is 9.88 Å². The first-order valence-electron chi connectivity index (χ1n) is 6.38. The van der Waals surface area contributed by atoms with E-state index in [4.69, 9.17) is 11.6 Å². The predicted molar refractivity (Wildman–Crippen MR) is 83.3 cm³/mol. The average Bonchev–Trinajstić information content (AvgIpc) is 2.84. The van der Waals surface area contributed by atoms with Crippen molar-refractivity contribution in [3.63, 3.8) is 0 Å². The number of benzene rings is 1. The summed E-state index contributed by atoms with van der Waals surface area (Å²) in [6.45, 7) is 3.03. The van der Waals surface area contributed by atoms with Crippen LogP contribution in [0.1, 0.15) is 13.3 Å². The van der Waals surface area contributed by atoms with Gasteiger partial charge in [0.25, 0.3) is 0 Å². The second-order valence-corrected chi connectivity index (χ2v) is 5.63. The van der Waals surface area contributed by atoms with Gasteiger partial charge in [0.1, 0.15) is 0 Å². The van der Waals surface area contributed by atoms with E-state index >= 15 is 0 Å². The molecule has 0 radical (unpaired) electrons. The summed E-state index contributed by atoms with van der Waals surface area (Å²) in [6.07, 6.45) is 4.73. The van der Waals surface area contributed by atoms with Gasteiger partial charge in [-0.25, -0.2) is 4.98 Å². The molecule has 2 aromatic rings. The third-order valence-corrected chi connectivity index (χ3v) is 3.82. The third kappa shape index (κ3) is 4.28. The minimum absolute atomic E-state index is 0.0664. The number of thioether (sulfide) groups is 1. The summed E-state index contributed by atoms with van der Waals surface area (Å²) >= 11 is 7.30. The Hall–Kier alpha value is -1.46. The van der Waals surface area contributed by atoms with Crippen molar-refractivity contribution in [3.05, 3.63) is 41.7 Å². The van der Waals surface area contributed by atoms with Crippen LogP contribution in [-0.4, -0.2) is 21.2 Å². The molecule has 1 N–H and O–H groups in total. The molecule has 20 heavy (non-hydrogen) atoms. The minimum Gasteiger partial charge on any atom is -0.326 e. The Morgan fingerprint density at radius 3 is 3.10 bits per heavy atom. The second-order valence-electron chi connectivity index (χ2n) is 4.25. The molecule has 6 heteroatoms. The van der Waals surface area contributed by atoms with Crippen molar-refractivity contribution in [1.82, 2.24) is 9.55 Å². The van der Waals surface area contributed by atoms with E-state index < -0.39 is 0 Å². The van der Waals surface area contributed by atoms with Gasteiger partial charge in [0.15, 0.2) is 5.16 Å². The normalized spacial score (nSPS) is 10.5. The summed E-state index contributed by atoms with van der Waals surface area (Å²) in [5.41, 5.74) is 0.708. The van der Waals surface area contributed by atoms with Gasteiger partial charge in [-0.05, 0) is 24.6 Å². The van der Waals surface area contributed by atoms with Crippen LogP contribution >= 0.6 is 23.4 Å². The summed E-state index contributed by atoms with van der Waals surface area (Å²) in [5, 5.41) is 4.29. The summed E-state index contributed by atoms with van der Waals surface area (Å²) < 4.78 is 2.05. The lowest BCUT2D eigenvalue weighted by molar-refractivity contribution is -0.113. The molecule has 106 valence electrons. The van der Waals surface area contributed by atoms with Crippen LogP contribution in [0.2, 0.25) is 5.02 Å². The molecular weight excluding hydrogens is 294 g/mol. The van der Waals surface area contributed by atoms with Crippen LogP contribution in [0.3, 0.4) is 0 Å². The van der Waals surface area contributed by atoms with Gasteiger partial charge in [0.2, 0.25) is 5.91 Å². The van der Waals surface area contributed by atoms with Crippen molar-refractivity contribution < 1.29 is 4.79 Å². The van der Waals surface area contributed by atoms with Gasteiger partial charge in [-0.1, -0.05) is 36.4 Å². The molecule has 4 nitrogen and oxygen atoms in total. The van der Waals surface area contributed by atoms with E-state index in [0.717, 1.165) is 18.1 Å². The van der Waals surface area contributed by atoms with Crippen molar-refractivity contribution in [1.29, 1.82) is 0 Å². The second kappa shape index (κ2) is 7.36. The lowest BCUT2D eigenvalue weighted by atomic mass is 10.3. The number of nitrogens with one attached hydrogen (secondary N) is 1. The monoisotopic (exact) mass is 309 g/mol. The first-order chi connectivity index (χ1) is 9.69. The highest BCUT2D eigenvalue weighted by Gasteiger charge is 2.07. The molecule has 0 aliphatic rings. The van der Waals surface area contributed by atoms with Crippen molar-refractivity contribution in [3.8, 4) is 0 Å². The van der Waals surface area contributed by atoms with Gasteiger partial charge in [-0.3, -0.25) is 4.79 Å². The highest BCUT2D eigenvalue weighted by Crippen LogP contribution is 2.18. The number of aromatic nitrogens is 2.